The predicted octanol–water partition coefficient (Wildman–Crippen LogP) is 1.16. The monoisotopic (exact) mass is 317 g/mol. The Hall–Kier alpha value is -1.15. The van der Waals surface area contributed by atoms with E-state index < -0.39 is 10.2 Å². The maximum Gasteiger partial charge on any atom is 0.282 e. The molecule has 1 N–H and O–H groups in total. The van der Waals surface area contributed by atoms with Crippen LogP contribution in [-0.4, -0.2) is 49.6 Å². The van der Waals surface area contributed by atoms with E-state index in [1.54, 1.807) is 24.3 Å². The summed E-state index contributed by atoms with van der Waals surface area (Å²) >= 11 is 5.82. The number of amides is 1. The third-order valence-electron chi connectivity index (χ3n) is 3.03. The van der Waals surface area contributed by atoms with Crippen molar-refractivity contribution >= 4 is 33.4 Å². The van der Waals surface area contributed by atoms with Gasteiger partial charge in [-0.15, -0.1) is 0 Å². The molecule has 1 fully saturated rings. The van der Waals surface area contributed by atoms with Crippen LogP contribution in [0.25, 0.3) is 0 Å². The van der Waals surface area contributed by atoms with E-state index in [0.717, 1.165) is 0 Å². The van der Waals surface area contributed by atoms with E-state index in [2.05, 4.69) is 5.32 Å². The van der Waals surface area contributed by atoms with Gasteiger partial charge in [0.05, 0.1) is 6.54 Å². The second kappa shape index (κ2) is 6.09. The van der Waals surface area contributed by atoms with Gasteiger partial charge in [0.15, 0.2) is 0 Å². The number of hydrogen-bond donors (Lipinski definition) is 1. The maximum atomic E-state index is 12.0. The standard InChI is InChI=1S/C12H16ClN3O3S/c1-15-6-3-7-16(20(15,18)19)9-12(17)14-11-5-2-4-10(13)8-11/h2,4-5,8H,3,6-7,9H2,1H3,(H,14,17). The largest absolute Gasteiger partial charge is 0.325 e. The van der Waals surface area contributed by atoms with Crippen molar-refractivity contribution in [2.24, 2.45) is 0 Å². The summed E-state index contributed by atoms with van der Waals surface area (Å²) in [5, 5.41) is 3.14. The Morgan fingerprint density at radius 1 is 1.40 bits per heavy atom. The van der Waals surface area contributed by atoms with E-state index in [9.17, 15) is 13.2 Å². The third kappa shape index (κ3) is 3.49. The molecule has 2 rings (SSSR count). The van der Waals surface area contributed by atoms with Crippen molar-refractivity contribution < 1.29 is 13.2 Å². The average Bonchev–Trinajstić information content (AvgIpc) is 2.35. The fourth-order valence-electron chi connectivity index (χ4n) is 1.99. The van der Waals surface area contributed by atoms with Gasteiger partial charge in [0.1, 0.15) is 0 Å². The average molecular weight is 318 g/mol. The van der Waals surface area contributed by atoms with Crippen molar-refractivity contribution in [3.63, 3.8) is 0 Å². The quantitative estimate of drug-likeness (QED) is 0.909. The molecule has 0 radical (unpaired) electrons. The van der Waals surface area contributed by atoms with Crippen LogP contribution in [0.5, 0.6) is 0 Å². The summed E-state index contributed by atoms with van der Waals surface area (Å²) in [5.74, 6) is -0.383. The van der Waals surface area contributed by atoms with Crippen molar-refractivity contribution in [3.05, 3.63) is 29.3 Å². The molecule has 8 heteroatoms. The van der Waals surface area contributed by atoms with Crippen LogP contribution in [0.1, 0.15) is 6.42 Å². The Balaban J connectivity index is 2.01. The molecule has 1 heterocycles. The zero-order chi connectivity index (χ0) is 14.8. The first-order chi connectivity index (χ1) is 9.39. The highest BCUT2D eigenvalue weighted by atomic mass is 35.5. The van der Waals surface area contributed by atoms with Crippen LogP contribution in [0.3, 0.4) is 0 Å². The molecule has 0 atom stereocenters. The van der Waals surface area contributed by atoms with E-state index in [1.807, 2.05) is 0 Å². The number of carbonyl (C=O) groups excluding carboxylic acids is 1. The molecule has 1 saturated heterocycles. The summed E-state index contributed by atoms with van der Waals surface area (Å²) < 4.78 is 26.4. The molecule has 1 aliphatic heterocycles. The summed E-state index contributed by atoms with van der Waals surface area (Å²) in [7, 11) is -2.01. The molecule has 1 amide bonds. The van der Waals surface area contributed by atoms with Gasteiger partial charge in [-0.3, -0.25) is 4.79 Å². The van der Waals surface area contributed by atoms with Gasteiger partial charge in [0, 0.05) is 30.8 Å². The topological polar surface area (TPSA) is 69.7 Å². The predicted molar refractivity (Wildman–Crippen MR) is 77.8 cm³/mol. The van der Waals surface area contributed by atoms with Gasteiger partial charge in [-0.1, -0.05) is 17.7 Å². The number of benzene rings is 1. The minimum absolute atomic E-state index is 0.195. The van der Waals surface area contributed by atoms with Crippen molar-refractivity contribution in [3.8, 4) is 0 Å². The van der Waals surface area contributed by atoms with Crippen LogP contribution in [0.2, 0.25) is 5.02 Å². The van der Waals surface area contributed by atoms with Gasteiger partial charge in [0.25, 0.3) is 10.2 Å². The van der Waals surface area contributed by atoms with Gasteiger partial charge in [-0.05, 0) is 24.6 Å². The molecule has 110 valence electrons. The molecule has 0 unspecified atom stereocenters. The highest BCUT2D eigenvalue weighted by Gasteiger charge is 2.32. The summed E-state index contributed by atoms with van der Waals surface area (Å²) in [5.41, 5.74) is 0.547. The van der Waals surface area contributed by atoms with E-state index >= 15 is 0 Å². The number of hydrogen-bond acceptors (Lipinski definition) is 3. The Bertz CT molecular complexity index is 606. The van der Waals surface area contributed by atoms with Crippen molar-refractivity contribution in [2.45, 2.75) is 6.42 Å². The summed E-state index contributed by atoms with van der Waals surface area (Å²) in [6.07, 6.45) is 0.709. The number of anilines is 1. The van der Waals surface area contributed by atoms with Crippen LogP contribution in [0, 0.1) is 0 Å². The summed E-state index contributed by atoms with van der Waals surface area (Å²) in [4.78, 5) is 11.9. The second-order valence-electron chi connectivity index (χ2n) is 4.57. The van der Waals surface area contributed by atoms with Gasteiger partial charge in [-0.25, -0.2) is 0 Å². The lowest BCUT2D eigenvalue weighted by atomic mass is 10.3. The zero-order valence-corrected chi connectivity index (χ0v) is 12.6. The van der Waals surface area contributed by atoms with Crippen molar-refractivity contribution in [1.82, 2.24) is 8.61 Å². The Labute approximate surface area is 123 Å². The van der Waals surface area contributed by atoms with Gasteiger partial charge in [0.2, 0.25) is 5.91 Å². The SMILES string of the molecule is CN1CCCN(CC(=O)Nc2cccc(Cl)c2)S1(=O)=O. The summed E-state index contributed by atoms with van der Waals surface area (Å²) in [6, 6.07) is 6.71. The van der Waals surface area contributed by atoms with E-state index in [-0.39, 0.29) is 12.5 Å². The molecule has 0 aromatic heterocycles. The van der Waals surface area contributed by atoms with E-state index in [1.165, 1.54) is 15.7 Å². The lowest BCUT2D eigenvalue weighted by Gasteiger charge is -2.31. The first-order valence-corrected chi connectivity index (χ1v) is 7.94. The van der Waals surface area contributed by atoms with Gasteiger partial charge in [-0.2, -0.15) is 17.0 Å². The number of carbonyl (C=O) groups is 1. The molecule has 0 spiro atoms. The van der Waals surface area contributed by atoms with Crippen LogP contribution < -0.4 is 5.32 Å². The van der Waals surface area contributed by atoms with E-state index in [0.29, 0.717) is 30.2 Å². The van der Waals surface area contributed by atoms with Crippen LogP contribution in [0.4, 0.5) is 5.69 Å². The highest BCUT2D eigenvalue weighted by Crippen LogP contribution is 2.16. The third-order valence-corrected chi connectivity index (χ3v) is 5.20. The minimum Gasteiger partial charge on any atom is -0.325 e. The molecular weight excluding hydrogens is 302 g/mol. The lowest BCUT2D eigenvalue weighted by molar-refractivity contribution is -0.116. The highest BCUT2D eigenvalue weighted by molar-refractivity contribution is 7.86. The molecule has 0 aliphatic carbocycles. The molecule has 0 saturated carbocycles. The van der Waals surface area contributed by atoms with E-state index in [4.69, 9.17) is 11.6 Å². The van der Waals surface area contributed by atoms with Crippen molar-refractivity contribution in [2.75, 3.05) is 32.0 Å². The maximum absolute atomic E-state index is 12.0. The van der Waals surface area contributed by atoms with Gasteiger partial charge >= 0.3 is 0 Å². The second-order valence-corrected chi connectivity index (χ2v) is 7.05. The molecule has 6 nitrogen and oxygen atoms in total. The number of nitrogens with one attached hydrogen (secondary N) is 1. The lowest BCUT2D eigenvalue weighted by Crippen LogP contribution is -2.50. The zero-order valence-electron chi connectivity index (χ0n) is 11.0. The Morgan fingerprint density at radius 3 is 2.85 bits per heavy atom. The fourth-order valence-corrected chi connectivity index (χ4v) is 3.57. The van der Waals surface area contributed by atoms with Crippen LogP contribution in [0.15, 0.2) is 24.3 Å². The van der Waals surface area contributed by atoms with Crippen LogP contribution >= 0.6 is 11.6 Å². The minimum atomic E-state index is -3.52. The smallest absolute Gasteiger partial charge is 0.282 e. The molecule has 1 aliphatic rings. The first-order valence-electron chi connectivity index (χ1n) is 6.16. The summed E-state index contributed by atoms with van der Waals surface area (Å²) in [6.45, 7) is 0.642. The first kappa shape index (κ1) is 15.2. The Morgan fingerprint density at radius 2 is 2.15 bits per heavy atom. The number of nitrogens with zero attached hydrogens (tertiary/aromatic N) is 2. The number of halogens is 1. The molecule has 1 aromatic carbocycles. The fraction of sp³-hybridized carbons (Fsp3) is 0.417. The molecule has 0 bridgehead atoms. The number of rotatable bonds is 3. The van der Waals surface area contributed by atoms with Crippen LogP contribution in [-0.2, 0) is 15.0 Å². The normalized spacial score (nSPS) is 19.7. The molecule has 20 heavy (non-hydrogen) atoms. The van der Waals surface area contributed by atoms with Gasteiger partial charge < -0.3 is 5.32 Å². The Kier molecular flexibility index (Phi) is 4.64. The molecular formula is C12H16ClN3O3S. The molecule has 1 aromatic rings. The van der Waals surface area contributed by atoms with Crippen molar-refractivity contribution in [1.29, 1.82) is 0 Å².